The van der Waals surface area contributed by atoms with Gasteiger partial charge in [0.05, 0.1) is 0 Å². The zero-order chi connectivity index (χ0) is 6.53. The molecule has 0 heterocycles. The quantitative estimate of drug-likeness (QED) is 0.804. The van der Waals surface area contributed by atoms with Gasteiger partial charge in [0.25, 0.3) is 0 Å². The van der Waals surface area contributed by atoms with Gasteiger partial charge in [-0.15, -0.1) is 0 Å². The van der Waals surface area contributed by atoms with Crippen LogP contribution in [0.15, 0.2) is 30.3 Å². The SMILES string of the molecule is N[CH2][Nd][c]1ccccc1. The predicted molar refractivity (Wildman–Crippen MR) is 35.1 cm³/mol. The summed E-state index contributed by atoms with van der Waals surface area (Å²) in [4.78, 5) is 0. The number of hydrogen-bond acceptors (Lipinski definition) is 1. The Bertz CT molecular complexity index is 162. The fraction of sp³-hybridized carbons (Fsp3) is 0.143. The molecule has 0 aromatic heterocycles. The van der Waals surface area contributed by atoms with Crippen LogP contribution in [0.4, 0.5) is 0 Å². The van der Waals surface area contributed by atoms with Gasteiger partial charge in [0.15, 0.2) is 0 Å². The van der Waals surface area contributed by atoms with E-state index >= 15 is 0 Å². The first-order valence-corrected chi connectivity index (χ1v) is 6.80. The summed E-state index contributed by atoms with van der Waals surface area (Å²) in [6, 6.07) is 10.6. The molecule has 1 aromatic rings. The van der Waals surface area contributed by atoms with Crippen LogP contribution in [-0.2, 0) is 0 Å². The summed E-state index contributed by atoms with van der Waals surface area (Å²) < 4.78 is 2.45. The molecule has 0 amide bonds. The second-order valence-electron chi connectivity index (χ2n) is 1.75. The van der Waals surface area contributed by atoms with Crippen molar-refractivity contribution in [1.29, 1.82) is 0 Å². The van der Waals surface area contributed by atoms with E-state index in [1.165, 1.54) is 1.21 Å². The molecule has 46 valence electrons. The Balaban J connectivity index is 2.61. The summed E-state index contributed by atoms with van der Waals surface area (Å²) in [6.45, 7) is 0. The van der Waals surface area contributed by atoms with Crippen molar-refractivity contribution in [3.8, 4) is 0 Å². The Morgan fingerprint density at radius 2 is 1.89 bits per heavy atom. The van der Waals surface area contributed by atoms with Crippen molar-refractivity contribution >= 4 is 1.21 Å². The molecule has 0 fully saturated rings. The third-order valence-electron chi connectivity index (χ3n) is 1.08. The van der Waals surface area contributed by atoms with E-state index in [4.69, 9.17) is 5.73 Å². The first-order chi connectivity index (χ1) is 4.43. The number of nitrogens with two attached hydrogens (primary N) is 1. The molecule has 0 saturated heterocycles. The van der Waals surface area contributed by atoms with Crippen molar-refractivity contribution in [2.75, 3.05) is 2.19 Å². The minimum absolute atomic E-state index is 0.567. The van der Waals surface area contributed by atoms with Crippen molar-refractivity contribution in [3.63, 3.8) is 0 Å². The summed E-state index contributed by atoms with van der Waals surface area (Å²) in [5.41, 5.74) is 5.45. The molecule has 0 aliphatic rings. The van der Waals surface area contributed by atoms with E-state index in [0.29, 0.717) is 0 Å². The van der Waals surface area contributed by atoms with E-state index in [0.717, 1.165) is 2.19 Å². The number of benzene rings is 1. The van der Waals surface area contributed by atoms with Gasteiger partial charge in [0.2, 0.25) is 0 Å². The maximum atomic E-state index is 5.45. The van der Waals surface area contributed by atoms with Crippen LogP contribution >= 0.6 is 0 Å². The molecule has 0 spiro atoms. The number of hydrogen-bond donors (Lipinski definition) is 1. The molecule has 2 heteroatoms. The average molecular weight is 251 g/mol. The van der Waals surface area contributed by atoms with E-state index in [1.54, 1.807) is 0 Å². The topological polar surface area (TPSA) is 26.0 Å². The van der Waals surface area contributed by atoms with Gasteiger partial charge in [0, 0.05) is 0 Å². The molecule has 1 aromatic carbocycles. The molecule has 1 rings (SSSR count). The van der Waals surface area contributed by atoms with Crippen molar-refractivity contribution < 1.29 is 36.7 Å². The average Bonchev–Trinajstić information content (AvgIpc) is 1.91. The van der Waals surface area contributed by atoms with Gasteiger partial charge >= 0.3 is 76.2 Å². The first-order valence-electron chi connectivity index (χ1n) is 2.92. The van der Waals surface area contributed by atoms with Gasteiger partial charge in [-0.3, -0.25) is 0 Å². The Morgan fingerprint density at radius 3 is 2.44 bits per heavy atom. The van der Waals surface area contributed by atoms with Gasteiger partial charge in [-0.1, -0.05) is 0 Å². The van der Waals surface area contributed by atoms with Crippen molar-refractivity contribution in [3.05, 3.63) is 30.3 Å². The van der Waals surface area contributed by atoms with Crippen LogP contribution in [0.2, 0.25) is 0 Å². The first kappa shape index (κ1) is 7.64. The van der Waals surface area contributed by atoms with Gasteiger partial charge in [-0.05, 0) is 0 Å². The van der Waals surface area contributed by atoms with Gasteiger partial charge in [-0.2, -0.15) is 0 Å². The van der Waals surface area contributed by atoms with Crippen LogP contribution in [0.1, 0.15) is 0 Å². The van der Waals surface area contributed by atoms with Crippen LogP contribution in [0, 0.1) is 36.7 Å². The van der Waals surface area contributed by atoms with Crippen LogP contribution in [0.3, 0.4) is 0 Å². The predicted octanol–water partition coefficient (Wildman–Crippen LogP) is 0.313. The Labute approximate surface area is 75.3 Å². The summed E-state index contributed by atoms with van der Waals surface area (Å²) in [7, 11) is 0. The van der Waals surface area contributed by atoms with Crippen LogP contribution in [0.25, 0.3) is 0 Å². The van der Waals surface area contributed by atoms with Crippen LogP contribution < -0.4 is 6.95 Å². The molecule has 1 nitrogen and oxygen atoms in total. The standard InChI is InChI=1S/C6H5.CH4N.Nd/c1-2-4-6-5-3-1;1-2;/h1-5H;1-2H2;. The van der Waals surface area contributed by atoms with Crippen LogP contribution in [0.5, 0.6) is 0 Å². The molecular formula is C7H9NNd. The minimum atomic E-state index is -0.567. The molecule has 0 saturated carbocycles. The van der Waals surface area contributed by atoms with Crippen molar-refractivity contribution in [1.82, 2.24) is 0 Å². The molecule has 0 aliphatic carbocycles. The summed E-state index contributed by atoms with van der Waals surface area (Å²) in [5, 5.41) is 0. The molecule has 2 N–H and O–H groups in total. The fourth-order valence-electron chi connectivity index (χ4n) is 0.674. The number of rotatable bonds is 2. The van der Waals surface area contributed by atoms with Crippen molar-refractivity contribution in [2.45, 2.75) is 0 Å². The van der Waals surface area contributed by atoms with Crippen LogP contribution in [-0.4, -0.2) is 2.19 Å². The van der Waals surface area contributed by atoms with E-state index in [9.17, 15) is 0 Å². The summed E-state index contributed by atoms with van der Waals surface area (Å²) in [6.07, 6.45) is 0. The van der Waals surface area contributed by atoms with Gasteiger partial charge < -0.3 is 0 Å². The van der Waals surface area contributed by atoms with E-state index < -0.39 is 36.7 Å². The molecular weight excluding hydrogens is 242 g/mol. The third-order valence-corrected chi connectivity index (χ3v) is 4.11. The summed E-state index contributed by atoms with van der Waals surface area (Å²) >= 11 is -0.567. The second kappa shape index (κ2) is 4.36. The molecule has 0 atom stereocenters. The van der Waals surface area contributed by atoms with E-state index in [-0.39, 0.29) is 0 Å². The molecule has 0 unspecified atom stereocenters. The Hall–Kier alpha value is 0.531. The molecule has 9 heavy (non-hydrogen) atoms. The maximum absolute atomic E-state index is 5.45. The fourth-order valence-corrected chi connectivity index (χ4v) is 2.80. The second-order valence-corrected chi connectivity index (χ2v) is 6.04. The van der Waals surface area contributed by atoms with E-state index in [2.05, 4.69) is 24.3 Å². The third kappa shape index (κ3) is 2.74. The molecule has 0 aliphatic heterocycles. The zero-order valence-corrected chi connectivity index (χ0v) is 8.38. The monoisotopic (exact) mass is 249 g/mol. The van der Waals surface area contributed by atoms with E-state index in [1.807, 2.05) is 6.07 Å². The zero-order valence-electron chi connectivity index (χ0n) is 5.17. The van der Waals surface area contributed by atoms with Gasteiger partial charge in [0.1, 0.15) is 0 Å². The molecule has 0 radical (unpaired) electrons. The normalized spacial score (nSPS) is 9.00. The van der Waals surface area contributed by atoms with Gasteiger partial charge in [-0.25, -0.2) is 0 Å². The Kier molecular flexibility index (Phi) is 3.70. The molecule has 0 bridgehead atoms. The Morgan fingerprint density at radius 1 is 1.22 bits per heavy atom. The summed E-state index contributed by atoms with van der Waals surface area (Å²) in [5.74, 6) is 0. The van der Waals surface area contributed by atoms with Crippen molar-refractivity contribution in [2.24, 2.45) is 5.73 Å².